The Morgan fingerprint density at radius 1 is 0.741 bits per heavy atom. The molecule has 1 aliphatic heterocycles. The van der Waals surface area contributed by atoms with Crippen LogP contribution >= 0.6 is 0 Å². The molecule has 0 fully saturated rings. The normalized spacial score (nSPS) is 14.3. The van der Waals surface area contributed by atoms with Crippen LogP contribution in [-0.4, -0.2) is 8.07 Å². The van der Waals surface area contributed by atoms with Gasteiger partial charge in [-0.05, 0) is 50.7 Å². The zero-order chi connectivity index (χ0) is 18.9. The lowest BCUT2D eigenvalue weighted by atomic mass is 9.99. The fourth-order valence-electron chi connectivity index (χ4n) is 4.91. The zero-order valence-corrected chi connectivity index (χ0v) is 18.1. The Morgan fingerprint density at radius 2 is 1.48 bits per heavy atom. The maximum absolute atomic E-state index is 2.56. The van der Waals surface area contributed by atoms with Gasteiger partial charge in [-0.3, -0.25) is 0 Å². The first-order valence-electron chi connectivity index (χ1n) is 10.8. The van der Waals surface area contributed by atoms with Crippen LogP contribution in [0.1, 0.15) is 51.0 Å². The van der Waals surface area contributed by atoms with Crippen molar-refractivity contribution in [3.8, 4) is 11.1 Å². The van der Waals surface area contributed by atoms with Crippen molar-refractivity contribution in [3.63, 3.8) is 0 Å². The third-order valence-corrected chi connectivity index (χ3v) is 9.97. The molecule has 1 heteroatoms. The summed E-state index contributed by atoms with van der Waals surface area (Å²) in [7, 11) is -1.64. The summed E-state index contributed by atoms with van der Waals surface area (Å²) in [5.41, 5.74) is 4.53. The van der Waals surface area contributed by atoms with Crippen molar-refractivity contribution in [2.45, 2.75) is 65.0 Å². The van der Waals surface area contributed by atoms with E-state index in [1.54, 1.807) is 15.9 Å². The molecule has 0 aromatic heterocycles. The van der Waals surface area contributed by atoms with Crippen molar-refractivity contribution < 1.29 is 0 Å². The van der Waals surface area contributed by atoms with Crippen LogP contribution in [-0.2, 0) is 6.42 Å². The van der Waals surface area contributed by atoms with Crippen LogP contribution in [0.4, 0.5) is 0 Å². The van der Waals surface area contributed by atoms with Crippen molar-refractivity contribution in [2.75, 3.05) is 0 Å². The standard InChI is InChI=1S/C26H32Si/c1-4-5-6-7-8-9-12-20-15-17-23-24-18-16-21-13-10-11-14-22(21)26(24)27(2,3)25(23)19-20/h10-11,13-19H,4-9,12H2,1-3H3. The van der Waals surface area contributed by atoms with E-state index >= 15 is 0 Å². The van der Waals surface area contributed by atoms with Gasteiger partial charge in [0.2, 0.25) is 0 Å². The van der Waals surface area contributed by atoms with Gasteiger partial charge in [-0.25, -0.2) is 0 Å². The molecule has 3 aromatic carbocycles. The maximum Gasteiger partial charge on any atom is 0.114 e. The smallest absolute Gasteiger partial charge is 0.0654 e. The van der Waals surface area contributed by atoms with Crippen LogP contribution in [0.15, 0.2) is 54.6 Å². The van der Waals surface area contributed by atoms with Gasteiger partial charge < -0.3 is 0 Å². The van der Waals surface area contributed by atoms with Gasteiger partial charge in [-0.2, -0.15) is 0 Å². The molecule has 0 N–H and O–H groups in total. The average molecular weight is 373 g/mol. The average Bonchev–Trinajstić information content (AvgIpc) is 2.92. The Balaban J connectivity index is 1.60. The summed E-state index contributed by atoms with van der Waals surface area (Å²) < 4.78 is 0. The molecule has 0 spiro atoms. The molecule has 4 rings (SSSR count). The number of hydrogen-bond acceptors (Lipinski definition) is 0. The lowest BCUT2D eigenvalue weighted by Gasteiger charge is -2.21. The monoisotopic (exact) mass is 372 g/mol. The Hall–Kier alpha value is -1.86. The highest BCUT2D eigenvalue weighted by Gasteiger charge is 2.38. The summed E-state index contributed by atoms with van der Waals surface area (Å²) in [6.07, 6.45) is 9.48. The molecular formula is C26H32Si. The van der Waals surface area contributed by atoms with Gasteiger partial charge in [0.25, 0.3) is 0 Å². The van der Waals surface area contributed by atoms with Crippen molar-refractivity contribution in [2.24, 2.45) is 0 Å². The molecule has 1 heterocycles. The van der Waals surface area contributed by atoms with Gasteiger partial charge in [0.05, 0.1) is 0 Å². The number of fused-ring (bicyclic) bond motifs is 5. The molecule has 1 aliphatic rings. The van der Waals surface area contributed by atoms with Gasteiger partial charge in [-0.1, -0.05) is 107 Å². The quantitative estimate of drug-likeness (QED) is 0.326. The first kappa shape index (κ1) is 18.5. The molecule has 0 unspecified atom stereocenters. The molecule has 0 nitrogen and oxygen atoms in total. The van der Waals surface area contributed by atoms with Crippen LogP contribution in [0.3, 0.4) is 0 Å². The number of benzene rings is 3. The fraction of sp³-hybridized carbons (Fsp3) is 0.385. The van der Waals surface area contributed by atoms with Crippen molar-refractivity contribution >= 4 is 29.2 Å². The van der Waals surface area contributed by atoms with E-state index < -0.39 is 8.07 Å². The zero-order valence-electron chi connectivity index (χ0n) is 17.1. The highest BCUT2D eigenvalue weighted by atomic mass is 28.3. The fourth-order valence-corrected chi connectivity index (χ4v) is 8.41. The SMILES string of the molecule is CCCCCCCCc1ccc2c(c1)[Si](C)(C)c1c-2ccc2ccccc12. The highest BCUT2D eigenvalue weighted by Crippen LogP contribution is 2.32. The van der Waals surface area contributed by atoms with Crippen LogP contribution < -0.4 is 10.4 Å². The van der Waals surface area contributed by atoms with Gasteiger partial charge in [0, 0.05) is 0 Å². The summed E-state index contributed by atoms with van der Waals surface area (Å²) in [6.45, 7) is 7.37. The van der Waals surface area contributed by atoms with Crippen molar-refractivity contribution in [3.05, 3.63) is 60.2 Å². The summed E-state index contributed by atoms with van der Waals surface area (Å²) in [5, 5.41) is 6.15. The van der Waals surface area contributed by atoms with E-state index in [-0.39, 0.29) is 0 Å². The Bertz CT molecular complexity index is 952. The van der Waals surface area contributed by atoms with Crippen LogP contribution in [0, 0.1) is 0 Å². The molecule has 140 valence electrons. The van der Waals surface area contributed by atoms with E-state index in [9.17, 15) is 0 Å². The lowest BCUT2D eigenvalue weighted by Crippen LogP contribution is -2.49. The molecule has 3 aromatic rings. The third kappa shape index (κ3) is 3.38. The maximum atomic E-state index is 2.56. The lowest BCUT2D eigenvalue weighted by molar-refractivity contribution is 0.607. The first-order valence-corrected chi connectivity index (χ1v) is 13.8. The topological polar surface area (TPSA) is 0 Å². The van der Waals surface area contributed by atoms with Crippen molar-refractivity contribution in [1.82, 2.24) is 0 Å². The summed E-state index contributed by atoms with van der Waals surface area (Å²) in [5.74, 6) is 0. The summed E-state index contributed by atoms with van der Waals surface area (Å²) in [6, 6.07) is 21.0. The minimum atomic E-state index is -1.64. The van der Waals surface area contributed by atoms with Gasteiger partial charge in [0.1, 0.15) is 8.07 Å². The van der Waals surface area contributed by atoms with E-state index in [4.69, 9.17) is 0 Å². The summed E-state index contributed by atoms with van der Waals surface area (Å²) >= 11 is 0. The second-order valence-corrected chi connectivity index (χ2v) is 13.0. The number of rotatable bonds is 7. The minimum Gasteiger partial charge on any atom is -0.0654 e. The number of aryl methyl sites for hydroxylation is 1. The summed E-state index contributed by atoms with van der Waals surface area (Å²) in [4.78, 5) is 0. The largest absolute Gasteiger partial charge is 0.114 e. The van der Waals surface area contributed by atoms with Gasteiger partial charge in [-0.15, -0.1) is 0 Å². The van der Waals surface area contributed by atoms with Crippen LogP contribution in [0.2, 0.25) is 13.1 Å². The molecular weight excluding hydrogens is 340 g/mol. The molecule has 0 aliphatic carbocycles. The van der Waals surface area contributed by atoms with E-state index in [1.165, 1.54) is 66.8 Å². The Labute approximate surface area is 165 Å². The predicted molar refractivity (Wildman–Crippen MR) is 123 cm³/mol. The van der Waals surface area contributed by atoms with Crippen molar-refractivity contribution in [1.29, 1.82) is 0 Å². The Kier molecular flexibility index (Phi) is 5.23. The minimum absolute atomic E-state index is 1.24. The second kappa shape index (κ2) is 7.64. The van der Waals surface area contributed by atoms with Crippen LogP contribution in [0.5, 0.6) is 0 Å². The van der Waals surface area contributed by atoms with Crippen LogP contribution in [0.25, 0.3) is 21.9 Å². The second-order valence-electron chi connectivity index (χ2n) is 8.73. The Morgan fingerprint density at radius 3 is 2.33 bits per heavy atom. The molecule has 0 saturated carbocycles. The van der Waals surface area contributed by atoms with Gasteiger partial charge in [0.15, 0.2) is 0 Å². The van der Waals surface area contributed by atoms with E-state index in [0.717, 1.165) is 0 Å². The molecule has 0 atom stereocenters. The van der Waals surface area contributed by atoms with E-state index in [1.807, 2.05) is 0 Å². The predicted octanol–water partition coefficient (Wildman–Crippen LogP) is 6.55. The number of hydrogen-bond donors (Lipinski definition) is 0. The number of unbranched alkanes of at least 4 members (excludes halogenated alkanes) is 5. The first-order chi connectivity index (χ1) is 13.1. The third-order valence-electron chi connectivity index (χ3n) is 6.42. The molecule has 0 amide bonds. The molecule has 0 saturated heterocycles. The molecule has 27 heavy (non-hydrogen) atoms. The molecule has 0 bridgehead atoms. The van der Waals surface area contributed by atoms with Gasteiger partial charge >= 0.3 is 0 Å². The van der Waals surface area contributed by atoms with E-state index in [2.05, 4.69) is 74.6 Å². The highest BCUT2D eigenvalue weighted by molar-refractivity contribution is 7.05. The van der Waals surface area contributed by atoms with E-state index in [0.29, 0.717) is 0 Å². The molecule has 0 radical (unpaired) electrons.